The summed E-state index contributed by atoms with van der Waals surface area (Å²) in [6.45, 7) is 10.9. The predicted octanol–water partition coefficient (Wildman–Crippen LogP) is 4.38. The summed E-state index contributed by atoms with van der Waals surface area (Å²) in [5.41, 5.74) is 10.6. The highest BCUT2D eigenvalue weighted by molar-refractivity contribution is 5.49. The molecule has 112 valence electrons. The normalized spacial score (nSPS) is 11.4. The molecular formula is C19H26N2. The third kappa shape index (κ3) is 3.78. The molecule has 0 radical (unpaired) electrons. The van der Waals surface area contributed by atoms with Crippen LogP contribution in [-0.2, 0) is 5.41 Å². The molecule has 0 fully saturated rings. The Hall–Kier alpha value is -1.96. The van der Waals surface area contributed by atoms with Crippen molar-refractivity contribution in [3.8, 4) is 0 Å². The molecule has 2 aromatic rings. The van der Waals surface area contributed by atoms with E-state index in [1.54, 1.807) is 0 Å². The second kappa shape index (κ2) is 6.21. The Morgan fingerprint density at radius 1 is 0.952 bits per heavy atom. The van der Waals surface area contributed by atoms with Gasteiger partial charge in [0.1, 0.15) is 0 Å². The smallest absolute Gasteiger partial charge is 0.0366 e. The van der Waals surface area contributed by atoms with Crippen molar-refractivity contribution in [2.24, 2.45) is 0 Å². The van der Waals surface area contributed by atoms with Crippen molar-refractivity contribution in [2.75, 3.05) is 23.7 Å². The third-order valence-corrected chi connectivity index (χ3v) is 4.06. The number of benzene rings is 2. The van der Waals surface area contributed by atoms with Crippen molar-refractivity contribution < 1.29 is 0 Å². The van der Waals surface area contributed by atoms with E-state index in [0.29, 0.717) is 0 Å². The van der Waals surface area contributed by atoms with Crippen molar-refractivity contribution >= 4 is 11.4 Å². The minimum absolute atomic E-state index is 0.0780. The first-order valence-electron chi connectivity index (χ1n) is 7.60. The van der Waals surface area contributed by atoms with Crippen LogP contribution in [0, 0.1) is 6.92 Å². The maximum Gasteiger partial charge on any atom is 0.0366 e. The molecule has 2 N–H and O–H groups in total. The molecule has 0 aromatic heterocycles. The highest BCUT2D eigenvalue weighted by atomic mass is 15.1. The second-order valence-electron chi connectivity index (χ2n) is 6.36. The van der Waals surface area contributed by atoms with Gasteiger partial charge in [-0.1, -0.05) is 43.7 Å². The molecule has 2 heteroatoms. The Kier molecular flexibility index (Phi) is 4.56. The topological polar surface area (TPSA) is 29.3 Å². The minimum atomic E-state index is 0.0780. The van der Waals surface area contributed by atoms with Crippen LogP contribution in [0.4, 0.5) is 11.4 Å². The number of hydrogen-bond donors (Lipinski definition) is 1. The van der Waals surface area contributed by atoms with Crippen LogP contribution in [0.1, 0.15) is 31.9 Å². The SMILES string of the molecule is CCN(CC(C)(C)c1ccc(N)cc1)c1ccc(C)cc1. The summed E-state index contributed by atoms with van der Waals surface area (Å²) in [5, 5.41) is 0. The number of nitrogens with two attached hydrogens (primary N) is 1. The number of anilines is 2. The first-order chi connectivity index (χ1) is 9.92. The molecule has 2 rings (SSSR count). The summed E-state index contributed by atoms with van der Waals surface area (Å²) in [6.07, 6.45) is 0. The summed E-state index contributed by atoms with van der Waals surface area (Å²) < 4.78 is 0. The monoisotopic (exact) mass is 282 g/mol. The lowest BCUT2D eigenvalue weighted by Gasteiger charge is -2.34. The Balaban J connectivity index is 2.20. The van der Waals surface area contributed by atoms with Gasteiger partial charge in [0, 0.05) is 29.9 Å². The molecule has 0 amide bonds. The van der Waals surface area contributed by atoms with Gasteiger partial charge in [-0.05, 0) is 43.7 Å². The summed E-state index contributed by atoms with van der Waals surface area (Å²) in [5.74, 6) is 0. The van der Waals surface area contributed by atoms with Gasteiger partial charge < -0.3 is 10.6 Å². The molecule has 0 bridgehead atoms. The van der Waals surface area contributed by atoms with Crippen molar-refractivity contribution in [3.05, 3.63) is 59.7 Å². The first-order valence-corrected chi connectivity index (χ1v) is 7.60. The van der Waals surface area contributed by atoms with Crippen LogP contribution in [-0.4, -0.2) is 13.1 Å². The lowest BCUT2D eigenvalue weighted by atomic mass is 9.84. The summed E-state index contributed by atoms with van der Waals surface area (Å²) >= 11 is 0. The van der Waals surface area contributed by atoms with Gasteiger partial charge in [0.25, 0.3) is 0 Å². The van der Waals surface area contributed by atoms with E-state index >= 15 is 0 Å². The van der Waals surface area contributed by atoms with Crippen LogP contribution < -0.4 is 10.6 Å². The van der Waals surface area contributed by atoms with Gasteiger partial charge in [-0.2, -0.15) is 0 Å². The number of hydrogen-bond acceptors (Lipinski definition) is 2. The Labute approximate surface area is 128 Å². The predicted molar refractivity (Wildman–Crippen MR) is 92.9 cm³/mol. The van der Waals surface area contributed by atoms with Gasteiger partial charge in [-0.3, -0.25) is 0 Å². The zero-order valence-corrected chi connectivity index (χ0v) is 13.6. The summed E-state index contributed by atoms with van der Waals surface area (Å²) in [6, 6.07) is 17.0. The molecule has 0 unspecified atom stereocenters. The molecule has 0 heterocycles. The minimum Gasteiger partial charge on any atom is -0.399 e. The summed E-state index contributed by atoms with van der Waals surface area (Å²) in [7, 11) is 0. The van der Waals surface area contributed by atoms with Crippen molar-refractivity contribution in [1.29, 1.82) is 0 Å². The molecule has 0 spiro atoms. The van der Waals surface area contributed by atoms with E-state index in [1.165, 1.54) is 16.8 Å². The largest absolute Gasteiger partial charge is 0.399 e. The van der Waals surface area contributed by atoms with E-state index in [9.17, 15) is 0 Å². The van der Waals surface area contributed by atoms with Gasteiger partial charge in [0.15, 0.2) is 0 Å². The molecule has 0 atom stereocenters. The molecule has 0 saturated carbocycles. The quantitative estimate of drug-likeness (QED) is 0.825. The fourth-order valence-corrected chi connectivity index (χ4v) is 2.64. The highest BCUT2D eigenvalue weighted by Gasteiger charge is 2.23. The molecular weight excluding hydrogens is 256 g/mol. The molecule has 21 heavy (non-hydrogen) atoms. The van der Waals surface area contributed by atoms with E-state index in [0.717, 1.165) is 18.8 Å². The van der Waals surface area contributed by atoms with Crippen LogP contribution >= 0.6 is 0 Å². The molecule has 0 saturated heterocycles. The average molecular weight is 282 g/mol. The average Bonchev–Trinajstić information content (AvgIpc) is 2.46. The Morgan fingerprint density at radius 2 is 1.52 bits per heavy atom. The maximum atomic E-state index is 5.79. The number of nitrogen functional groups attached to an aromatic ring is 1. The van der Waals surface area contributed by atoms with Crippen LogP contribution in [0.3, 0.4) is 0 Å². The van der Waals surface area contributed by atoms with E-state index < -0.39 is 0 Å². The standard InChI is InChI=1S/C19H26N2/c1-5-21(18-12-6-15(2)7-13-18)14-19(3,4)16-8-10-17(20)11-9-16/h6-13H,5,14,20H2,1-4H3. The lowest BCUT2D eigenvalue weighted by Crippen LogP contribution is -2.37. The zero-order valence-electron chi connectivity index (χ0n) is 13.6. The van der Waals surface area contributed by atoms with Crippen molar-refractivity contribution in [3.63, 3.8) is 0 Å². The second-order valence-corrected chi connectivity index (χ2v) is 6.36. The van der Waals surface area contributed by atoms with E-state index in [2.05, 4.69) is 69.0 Å². The Morgan fingerprint density at radius 3 is 2.05 bits per heavy atom. The van der Waals surface area contributed by atoms with Gasteiger partial charge in [0.2, 0.25) is 0 Å². The number of likely N-dealkylation sites (N-methyl/N-ethyl adjacent to an activating group) is 1. The van der Waals surface area contributed by atoms with Crippen LogP contribution in [0.2, 0.25) is 0 Å². The van der Waals surface area contributed by atoms with Gasteiger partial charge in [-0.25, -0.2) is 0 Å². The van der Waals surface area contributed by atoms with E-state index in [4.69, 9.17) is 5.73 Å². The zero-order chi connectivity index (χ0) is 15.5. The van der Waals surface area contributed by atoms with Crippen molar-refractivity contribution in [2.45, 2.75) is 33.1 Å². The maximum absolute atomic E-state index is 5.79. The highest BCUT2D eigenvalue weighted by Crippen LogP contribution is 2.27. The Bertz CT molecular complexity index is 568. The van der Waals surface area contributed by atoms with Gasteiger partial charge in [-0.15, -0.1) is 0 Å². The number of aryl methyl sites for hydroxylation is 1. The summed E-state index contributed by atoms with van der Waals surface area (Å²) in [4.78, 5) is 2.43. The number of nitrogens with zero attached hydrogens (tertiary/aromatic N) is 1. The van der Waals surface area contributed by atoms with Crippen LogP contribution in [0.25, 0.3) is 0 Å². The fourth-order valence-electron chi connectivity index (χ4n) is 2.64. The first kappa shape index (κ1) is 15.4. The van der Waals surface area contributed by atoms with Crippen LogP contribution in [0.15, 0.2) is 48.5 Å². The lowest BCUT2D eigenvalue weighted by molar-refractivity contribution is 0.514. The third-order valence-electron chi connectivity index (χ3n) is 4.06. The van der Waals surface area contributed by atoms with E-state index in [1.807, 2.05) is 12.1 Å². The van der Waals surface area contributed by atoms with Crippen LogP contribution in [0.5, 0.6) is 0 Å². The molecule has 0 aliphatic rings. The molecule has 0 aliphatic carbocycles. The van der Waals surface area contributed by atoms with Gasteiger partial charge >= 0.3 is 0 Å². The van der Waals surface area contributed by atoms with E-state index in [-0.39, 0.29) is 5.41 Å². The molecule has 0 aliphatic heterocycles. The molecule has 2 aromatic carbocycles. The number of rotatable bonds is 5. The van der Waals surface area contributed by atoms with Crippen molar-refractivity contribution in [1.82, 2.24) is 0 Å². The fraction of sp³-hybridized carbons (Fsp3) is 0.368. The van der Waals surface area contributed by atoms with Gasteiger partial charge in [0.05, 0.1) is 0 Å². The molecule has 2 nitrogen and oxygen atoms in total.